The van der Waals surface area contributed by atoms with Crippen molar-refractivity contribution in [1.82, 2.24) is 14.9 Å². The Labute approximate surface area is 175 Å². The Kier molecular flexibility index (Phi) is 4.96. The standard InChI is InChI=1S/C24H26N4S/c1-16-4-2-6-20-23(16)27-24(26-20)22-12-11-21(29-22)18-9-7-17(8-10-18)14-28-13-3-5-19(25)15-28/h2,4,6-12,19H,3,5,13-15,25H2,1H3,(H,26,27). The number of imidazole rings is 1. The van der Waals surface area contributed by atoms with Gasteiger partial charge in [0.1, 0.15) is 5.82 Å². The molecule has 5 rings (SSSR count). The second-order valence-electron chi connectivity index (χ2n) is 8.05. The quantitative estimate of drug-likeness (QED) is 0.494. The molecule has 2 aromatic heterocycles. The van der Waals surface area contributed by atoms with Gasteiger partial charge in [-0.1, -0.05) is 36.4 Å². The van der Waals surface area contributed by atoms with Crippen LogP contribution >= 0.6 is 11.3 Å². The highest BCUT2D eigenvalue weighted by molar-refractivity contribution is 7.18. The molecule has 3 heterocycles. The third-order valence-electron chi connectivity index (χ3n) is 5.74. The molecule has 1 atom stereocenters. The summed E-state index contributed by atoms with van der Waals surface area (Å²) in [5.41, 5.74) is 12.1. The van der Waals surface area contributed by atoms with Gasteiger partial charge >= 0.3 is 0 Å². The third-order valence-corrected chi connectivity index (χ3v) is 6.88. The van der Waals surface area contributed by atoms with E-state index in [0.29, 0.717) is 6.04 Å². The molecule has 1 fully saturated rings. The first-order valence-corrected chi connectivity index (χ1v) is 11.1. The molecule has 0 amide bonds. The van der Waals surface area contributed by atoms with E-state index in [4.69, 9.17) is 10.7 Å². The van der Waals surface area contributed by atoms with Crippen molar-refractivity contribution in [3.05, 3.63) is 65.7 Å². The third kappa shape index (κ3) is 3.86. The molecule has 2 aromatic carbocycles. The number of nitrogens with two attached hydrogens (primary N) is 1. The lowest BCUT2D eigenvalue weighted by molar-refractivity contribution is 0.201. The van der Waals surface area contributed by atoms with Gasteiger partial charge in [0, 0.05) is 24.0 Å². The normalized spacial score (nSPS) is 17.8. The zero-order chi connectivity index (χ0) is 19.8. The van der Waals surface area contributed by atoms with Crippen LogP contribution in [-0.4, -0.2) is 34.0 Å². The van der Waals surface area contributed by atoms with Crippen molar-refractivity contribution in [2.45, 2.75) is 32.4 Å². The summed E-state index contributed by atoms with van der Waals surface area (Å²) >= 11 is 1.78. The van der Waals surface area contributed by atoms with Gasteiger partial charge in [-0.05, 0) is 61.2 Å². The van der Waals surface area contributed by atoms with Crippen LogP contribution in [-0.2, 0) is 6.54 Å². The van der Waals surface area contributed by atoms with Gasteiger partial charge in [0.15, 0.2) is 0 Å². The van der Waals surface area contributed by atoms with E-state index < -0.39 is 0 Å². The maximum Gasteiger partial charge on any atom is 0.148 e. The number of aromatic nitrogens is 2. The average Bonchev–Trinajstić information content (AvgIpc) is 3.36. The van der Waals surface area contributed by atoms with E-state index in [-0.39, 0.29) is 0 Å². The summed E-state index contributed by atoms with van der Waals surface area (Å²) in [6.45, 7) is 5.25. The van der Waals surface area contributed by atoms with Gasteiger partial charge in [-0.3, -0.25) is 4.90 Å². The lowest BCUT2D eigenvalue weighted by atomic mass is 10.0. The number of nitrogens with one attached hydrogen (secondary N) is 1. The predicted octanol–water partition coefficient (Wildman–Crippen LogP) is 5.19. The smallest absolute Gasteiger partial charge is 0.148 e. The number of likely N-dealkylation sites (tertiary alicyclic amines) is 1. The van der Waals surface area contributed by atoms with Gasteiger partial charge in [0.25, 0.3) is 0 Å². The number of para-hydroxylation sites is 1. The fourth-order valence-electron chi connectivity index (χ4n) is 4.18. The minimum Gasteiger partial charge on any atom is -0.337 e. The molecule has 1 aliphatic heterocycles. The molecule has 29 heavy (non-hydrogen) atoms. The molecule has 0 radical (unpaired) electrons. The van der Waals surface area contributed by atoms with E-state index in [9.17, 15) is 0 Å². The van der Waals surface area contributed by atoms with E-state index in [1.54, 1.807) is 11.3 Å². The van der Waals surface area contributed by atoms with Crippen molar-refractivity contribution in [2.24, 2.45) is 5.73 Å². The largest absolute Gasteiger partial charge is 0.337 e. The molecular weight excluding hydrogens is 376 g/mol. The first-order valence-electron chi connectivity index (χ1n) is 10.3. The summed E-state index contributed by atoms with van der Waals surface area (Å²) in [6, 6.07) is 19.9. The number of piperidine rings is 1. The summed E-state index contributed by atoms with van der Waals surface area (Å²) in [4.78, 5) is 13.2. The number of nitrogens with zero attached hydrogens (tertiary/aromatic N) is 2. The number of hydrogen-bond donors (Lipinski definition) is 2. The number of aryl methyl sites for hydroxylation is 1. The lowest BCUT2D eigenvalue weighted by Gasteiger charge is -2.30. The van der Waals surface area contributed by atoms with Crippen LogP contribution in [0.3, 0.4) is 0 Å². The highest BCUT2D eigenvalue weighted by Crippen LogP contribution is 2.34. The second kappa shape index (κ2) is 7.75. The van der Waals surface area contributed by atoms with Crippen molar-refractivity contribution < 1.29 is 0 Å². The number of aromatic amines is 1. The van der Waals surface area contributed by atoms with Crippen LogP contribution in [0.4, 0.5) is 0 Å². The van der Waals surface area contributed by atoms with Crippen molar-refractivity contribution in [1.29, 1.82) is 0 Å². The topological polar surface area (TPSA) is 57.9 Å². The first-order chi connectivity index (χ1) is 14.2. The van der Waals surface area contributed by atoms with Crippen LogP contribution in [0.15, 0.2) is 54.6 Å². The number of thiophene rings is 1. The van der Waals surface area contributed by atoms with E-state index in [0.717, 1.165) is 42.9 Å². The zero-order valence-corrected chi connectivity index (χ0v) is 17.5. The van der Waals surface area contributed by atoms with Crippen molar-refractivity contribution >= 4 is 22.4 Å². The minimum absolute atomic E-state index is 0.328. The van der Waals surface area contributed by atoms with E-state index in [2.05, 4.69) is 71.4 Å². The molecule has 0 bridgehead atoms. The maximum atomic E-state index is 6.11. The molecular formula is C24H26N4S. The van der Waals surface area contributed by atoms with Crippen LogP contribution in [0, 0.1) is 6.92 Å². The molecule has 4 aromatic rings. The molecule has 0 aliphatic carbocycles. The number of benzene rings is 2. The summed E-state index contributed by atoms with van der Waals surface area (Å²) < 4.78 is 0. The van der Waals surface area contributed by atoms with Crippen LogP contribution in [0.25, 0.3) is 32.2 Å². The van der Waals surface area contributed by atoms with Gasteiger partial charge in [0.05, 0.1) is 15.9 Å². The van der Waals surface area contributed by atoms with Crippen LogP contribution in [0.2, 0.25) is 0 Å². The Morgan fingerprint density at radius 3 is 2.72 bits per heavy atom. The highest BCUT2D eigenvalue weighted by atomic mass is 32.1. The molecule has 1 aliphatic rings. The number of hydrogen-bond acceptors (Lipinski definition) is 4. The molecule has 1 saturated heterocycles. The predicted molar refractivity (Wildman–Crippen MR) is 122 cm³/mol. The fourth-order valence-corrected chi connectivity index (χ4v) is 5.14. The maximum absolute atomic E-state index is 6.11. The van der Waals surface area contributed by atoms with Crippen molar-refractivity contribution in [3.8, 4) is 21.1 Å². The fraction of sp³-hybridized carbons (Fsp3) is 0.292. The van der Waals surface area contributed by atoms with Crippen LogP contribution in [0.5, 0.6) is 0 Å². The molecule has 0 saturated carbocycles. The molecule has 0 spiro atoms. The van der Waals surface area contributed by atoms with Gasteiger partial charge in [0.2, 0.25) is 0 Å². The van der Waals surface area contributed by atoms with Crippen molar-refractivity contribution in [2.75, 3.05) is 13.1 Å². The molecule has 1 unspecified atom stereocenters. The minimum atomic E-state index is 0.328. The molecule has 4 nitrogen and oxygen atoms in total. The molecule has 148 valence electrons. The zero-order valence-electron chi connectivity index (χ0n) is 16.7. The Bertz CT molecular complexity index is 1130. The van der Waals surface area contributed by atoms with Gasteiger partial charge < -0.3 is 10.7 Å². The first kappa shape index (κ1) is 18.6. The van der Waals surface area contributed by atoms with Crippen molar-refractivity contribution in [3.63, 3.8) is 0 Å². The monoisotopic (exact) mass is 402 g/mol. The summed E-state index contributed by atoms with van der Waals surface area (Å²) in [6.07, 6.45) is 2.36. The Balaban J connectivity index is 1.34. The molecule has 5 heteroatoms. The molecule has 3 N–H and O–H groups in total. The summed E-state index contributed by atoms with van der Waals surface area (Å²) in [5.74, 6) is 0.948. The van der Waals surface area contributed by atoms with Gasteiger partial charge in [-0.25, -0.2) is 4.98 Å². The SMILES string of the molecule is Cc1cccc2[nH]c(-c3ccc(-c4ccc(CN5CCCC(N)C5)cc4)s3)nc12. The van der Waals surface area contributed by atoms with Gasteiger partial charge in [-0.2, -0.15) is 0 Å². The number of H-pyrrole nitrogens is 1. The van der Waals surface area contributed by atoms with E-state index in [1.807, 2.05) is 0 Å². The van der Waals surface area contributed by atoms with E-state index in [1.165, 1.54) is 32.9 Å². The average molecular weight is 403 g/mol. The number of rotatable bonds is 4. The summed E-state index contributed by atoms with van der Waals surface area (Å²) in [7, 11) is 0. The number of fused-ring (bicyclic) bond motifs is 1. The highest BCUT2D eigenvalue weighted by Gasteiger charge is 2.16. The second-order valence-corrected chi connectivity index (χ2v) is 9.14. The van der Waals surface area contributed by atoms with Crippen LogP contribution < -0.4 is 5.73 Å². The Morgan fingerprint density at radius 1 is 1.10 bits per heavy atom. The Hall–Kier alpha value is -2.47. The lowest BCUT2D eigenvalue weighted by Crippen LogP contribution is -2.42. The summed E-state index contributed by atoms with van der Waals surface area (Å²) in [5, 5.41) is 0. The van der Waals surface area contributed by atoms with Gasteiger partial charge in [-0.15, -0.1) is 11.3 Å². The van der Waals surface area contributed by atoms with E-state index >= 15 is 0 Å². The van der Waals surface area contributed by atoms with Crippen LogP contribution in [0.1, 0.15) is 24.0 Å². The Morgan fingerprint density at radius 2 is 1.93 bits per heavy atom.